The van der Waals surface area contributed by atoms with Gasteiger partial charge in [-0.25, -0.2) is 4.79 Å². The summed E-state index contributed by atoms with van der Waals surface area (Å²) < 4.78 is 47.7. The summed E-state index contributed by atoms with van der Waals surface area (Å²) in [6.07, 6.45) is 4.32. The van der Waals surface area contributed by atoms with Crippen molar-refractivity contribution in [2.24, 2.45) is 5.92 Å². The third kappa shape index (κ3) is 8.68. The van der Waals surface area contributed by atoms with Crippen LogP contribution in [0.25, 0.3) is 0 Å². The Kier molecular flexibility index (Phi) is 11.4. The monoisotopic (exact) mass is 584 g/mol. The van der Waals surface area contributed by atoms with Crippen molar-refractivity contribution in [1.82, 2.24) is 0 Å². The van der Waals surface area contributed by atoms with E-state index in [4.69, 9.17) is 37.4 Å². The first-order chi connectivity index (χ1) is 18.2. The quantitative estimate of drug-likeness (QED) is 0.133. The molecule has 0 aromatic heterocycles. The molecule has 0 radical (unpaired) electrons. The van der Waals surface area contributed by atoms with E-state index < -0.39 is 18.0 Å². The van der Waals surface area contributed by atoms with Gasteiger partial charge in [-0.1, -0.05) is 60.1 Å². The lowest BCUT2D eigenvalue weighted by molar-refractivity contribution is -0.0515. The summed E-state index contributed by atoms with van der Waals surface area (Å²) in [5.74, 6) is 0.913. The van der Waals surface area contributed by atoms with Gasteiger partial charge in [0.15, 0.2) is 11.5 Å². The maximum absolute atomic E-state index is 13.1. The maximum atomic E-state index is 13.1. The fourth-order valence-corrected chi connectivity index (χ4v) is 4.62. The van der Waals surface area contributed by atoms with Crippen molar-refractivity contribution < 1.29 is 32.5 Å². The maximum Gasteiger partial charge on any atom is 0.387 e. The van der Waals surface area contributed by atoms with Crippen LogP contribution < -0.4 is 14.2 Å². The number of benzene rings is 2. The molecular formula is C28H28Cl2F2O5S. The van der Waals surface area contributed by atoms with Crippen LogP contribution in [0, 0.1) is 5.92 Å². The van der Waals surface area contributed by atoms with Crippen LogP contribution in [0.3, 0.4) is 0 Å². The molecule has 0 spiro atoms. The summed E-state index contributed by atoms with van der Waals surface area (Å²) in [5.41, 5.74) is 0.984. The Balaban J connectivity index is 1.97. The van der Waals surface area contributed by atoms with Crippen LogP contribution in [0.4, 0.5) is 13.6 Å². The molecule has 0 heterocycles. The molecule has 1 aliphatic carbocycles. The van der Waals surface area contributed by atoms with Gasteiger partial charge in [-0.05, 0) is 72.8 Å². The Morgan fingerprint density at radius 2 is 1.89 bits per heavy atom. The smallest absolute Gasteiger partial charge is 0.387 e. The average molecular weight is 585 g/mol. The second kappa shape index (κ2) is 14.5. The molecule has 2 aromatic rings. The van der Waals surface area contributed by atoms with Gasteiger partial charge in [0, 0.05) is 16.5 Å². The van der Waals surface area contributed by atoms with Gasteiger partial charge in [-0.2, -0.15) is 8.78 Å². The van der Waals surface area contributed by atoms with Gasteiger partial charge in [-0.3, -0.25) is 0 Å². The molecule has 1 saturated carbocycles. The minimum Gasteiger partial charge on any atom is -0.496 e. The number of carbonyl (C=O) groups excluding carboxylic acids is 1. The van der Waals surface area contributed by atoms with E-state index in [-0.39, 0.29) is 23.0 Å². The van der Waals surface area contributed by atoms with Gasteiger partial charge < -0.3 is 18.9 Å². The molecule has 1 aliphatic rings. The van der Waals surface area contributed by atoms with E-state index >= 15 is 0 Å². The molecule has 1 fully saturated rings. The summed E-state index contributed by atoms with van der Waals surface area (Å²) in [6.45, 7) is 2.80. The lowest BCUT2D eigenvalue weighted by Crippen LogP contribution is -2.11. The van der Waals surface area contributed by atoms with E-state index in [1.165, 1.54) is 31.4 Å². The normalized spacial score (nSPS) is 15.0. The number of allylic oxidation sites excluding steroid dienone is 4. The molecular weight excluding hydrogens is 557 g/mol. The second-order valence-electron chi connectivity index (χ2n) is 8.32. The Morgan fingerprint density at radius 1 is 1.16 bits per heavy atom. The molecule has 1 atom stereocenters. The van der Waals surface area contributed by atoms with Crippen LogP contribution >= 0.6 is 35.0 Å². The Morgan fingerprint density at radius 3 is 2.53 bits per heavy atom. The predicted octanol–water partition coefficient (Wildman–Crippen LogP) is 9.27. The van der Waals surface area contributed by atoms with Gasteiger partial charge in [0.1, 0.15) is 11.9 Å². The molecule has 204 valence electrons. The fraction of sp³-hybridized carbons (Fsp3) is 0.321. The zero-order valence-electron chi connectivity index (χ0n) is 20.9. The first-order valence-electron chi connectivity index (χ1n) is 11.8. The summed E-state index contributed by atoms with van der Waals surface area (Å²) in [7, 11) is 1.51. The SMILES string of the molecule is C=C/C(Cl)=C(C[C@H](OC(=O)Sc1ccccc1OC)c1ccc(OC(F)F)c(OCC2CC2)c1)\C(Cl)=C/C. The molecule has 0 aliphatic heterocycles. The molecule has 0 saturated heterocycles. The summed E-state index contributed by atoms with van der Waals surface area (Å²) in [4.78, 5) is 13.6. The lowest BCUT2D eigenvalue weighted by Gasteiger charge is -2.22. The Labute approximate surface area is 235 Å². The molecule has 38 heavy (non-hydrogen) atoms. The number of rotatable bonds is 13. The van der Waals surface area contributed by atoms with E-state index in [1.54, 1.807) is 37.3 Å². The van der Waals surface area contributed by atoms with E-state index in [9.17, 15) is 13.6 Å². The number of alkyl halides is 2. The van der Waals surface area contributed by atoms with Crippen molar-refractivity contribution in [3.8, 4) is 17.2 Å². The van der Waals surface area contributed by atoms with Crippen molar-refractivity contribution in [2.75, 3.05) is 13.7 Å². The van der Waals surface area contributed by atoms with Crippen molar-refractivity contribution in [3.05, 3.63) is 82.4 Å². The summed E-state index contributed by atoms with van der Waals surface area (Å²) in [5, 5.41) is 0.0316. The molecule has 3 rings (SSSR count). The molecule has 0 bridgehead atoms. The second-order valence-corrected chi connectivity index (χ2v) is 10.1. The minimum atomic E-state index is -3.02. The third-order valence-electron chi connectivity index (χ3n) is 5.63. The van der Waals surface area contributed by atoms with Gasteiger partial charge >= 0.3 is 11.9 Å². The van der Waals surface area contributed by atoms with Crippen LogP contribution in [-0.2, 0) is 4.74 Å². The zero-order valence-corrected chi connectivity index (χ0v) is 23.3. The number of methoxy groups -OCH3 is 1. The Hall–Kier alpha value is -2.68. The van der Waals surface area contributed by atoms with Gasteiger partial charge in [-0.15, -0.1) is 0 Å². The van der Waals surface area contributed by atoms with E-state index in [0.29, 0.717) is 39.3 Å². The topological polar surface area (TPSA) is 54.0 Å². The zero-order chi connectivity index (χ0) is 27.7. The van der Waals surface area contributed by atoms with E-state index in [0.717, 1.165) is 24.6 Å². The highest BCUT2D eigenvalue weighted by atomic mass is 35.5. The number of para-hydroxylation sites is 1. The molecule has 0 N–H and O–H groups in total. The summed E-state index contributed by atoms with van der Waals surface area (Å²) >= 11 is 13.7. The van der Waals surface area contributed by atoms with Crippen molar-refractivity contribution in [2.45, 2.75) is 43.8 Å². The molecule has 2 aromatic carbocycles. The van der Waals surface area contributed by atoms with Crippen LogP contribution in [0.1, 0.15) is 37.9 Å². The van der Waals surface area contributed by atoms with E-state index in [1.807, 2.05) is 0 Å². The van der Waals surface area contributed by atoms with E-state index in [2.05, 4.69) is 11.3 Å². The number of hydrogen-bond donors (Lipinski definition) is 0. The first-order valence-corrected chi connectivity index (χ1v) is 13.4. The highest BCUT2D eigenvalue weighted by Crippen LogP contribution is 2.40. The van der Waals surface area contributed by atoms with Crippen molar-refractivity contribution in [3.63, 3.8) is 0 Å². The van der Waals surface area contributed by atoms with Crippen LogP contribution in [0.5, 0.6) is 17.2 Å². The number of hydrogen-bond acceptors (Lipinski definition) is 6. The molecule has 0 amide bonds. The summed E-state index contributed by atoms with van der Waals surface area (Å²) in [6, 6.07) is 11.5. The largest absolute Gasteiger partial charge is 0.496 e. The van der Waals surface area contributed by atoms with Crippen LogP contribution in [-0.4, -0.2) is 25.6 Å². The van der Waals surface area contributed by atoms with Crippen molar-refractivity contribution in [1.29, 1.82) is 0 Å². The Bertz CT molecular complexity index is 1200. The molecule has 5 nitrogen and oxygen atoms in total. The van der Waals surface area contributed by atoms with Gasteiger partial charge in [0.25, 0.3) is 0 Å². The third-order valence-corrected chi connectivity index (χ3v) is 7.28. The predicted molar refractivity (Wildman–Crippen MR) is 147 cm³/mol. The standard InChI is InChI=1S/C28H28Cl2F2O5S/c1-4-20(29)19(21(30)5-2)15-24(37-28(33)38-26-9-7-6-8-23(26)34-3)18-12-13-22(36-27(31)32)25(14-18)35-16-17-10-11-17/h4-9,12-14,17,24,27H,1,10-11,15-16H2,2-3H3/b20-19+,21-5+/t24-/m0/s1. The molecule has 10 heteroatoms. The number of thioether (sulfide) groups is 1. The first kappa shape index (κ1) is 29.9. The highest BCUT2D eigenvalue weighted by molar-refractivity contribution is 8.13. The number of ether oxygens (including phenoxy) is 4. The van der Waals surface area contributed by atoms with Crippen LogP contribution in [0.2, 0.25) is 0 Å². The van der Waals surface area contributed by atoms with Gasteiger partial charge in [0.2, 0.25) is 0 Å². The highest BCUT2D eigenvalue weighted by Gasteiger charge is 2.26. The minimum absolute atomic E-state index is 0.0867. The lowest BCUT2D eigenvalue weighted by atomic mass is 9.99. The van der Waals surface area contributed by atoms with Crippen LogP contribution in [0.15, 0.2) is 81.7 Å². The number of halogens is 4. The van der Waals surface area contributed by atoms with Gasteiger partial charge in [0.05, 0.1) is 18.6 Å². The van der Waals surface area contributed by atoms with Crippen molar-refractivity contribution >= 4 is 40.3 Å². The number of carbonyl (C=O) groups is 1. The molecule has 0 unspecified atom stereocenters. The average Bonchev–Trinajstić information content (AvgIpc) is 3.74. The fourth-order valence-electron chi connectivity index (χ4n) is 3.48.